The average molecular weight is 196 g/mol. The van der Waals surface area contributed by atoms with E-state index in [2.05, 4.69) is 0 Å². The third-order valence-corrected chi connectivity index (χ3v) is 4.14. The van der Waals surface area contributed by atoms with Gasteiger partial charge in [-0.05, 0) is 43.4 Å². The molecule has 0 spiro atoms. The minimum Gasteiger partial charge on any atom is -0.481 e. The highest BCUT2D eigenvalue weighted by Crippen LogP contribution is 2.46. The summed E-state index contributed by atoms with van der Waals surface area (Å²) >= 11 is 0. The quantitative estimate of drug-likeness (QED) is 0.753. The molecule has 2 aliphatic rings. The van der Waals surface area contributed by atoms with Gasteiger partial charge in [-0.2, -0.15) is 0 Å². The molecule has 2 rings (SSSR count). The Bertz CT molecular complexity index is 220. The first kappa shape index (κ1) is 10.0. The van der Waals surface area contributed by atoms with E-state index in [4.69, 9.17) is 5.11 Å². The molecule has 0 aromatic rings. The summed E-state index contributed by atoms with van der Waals surface area (Å²) in [5.41, 5.74) is 0. The molecule has 0 saturated heterocycles. The van der Waals surface area contributed by atoms with Gasteiger partial charge in [0.2, 0.25) is 0 Å². The normalized spacial score (nSPS) is 35.2. The van der Waals surface area contributed by atoms with Gasteiger partial charge in [0.1, 0.15) is 0 Å². The lowest BCUT2D eigenvalue weighted by molar-refractivity contribution is -0.143. The van der Waals surface area contributed by atoms with Crippen LogP contribution in [-0.4, -0.2) is 11.1 Å². The van der Waals surface area contributed by atoms with Gasteiger partial charge < -0.3 is 5.11 Å². The Kier molecular flexibility index (Phi) is 2.80. The fourth-order valence-electron chi connectivity index (χ4n) is 2.92. The first-order valence-electron chi connectivity index (χ1n) is 5.91. The topological polar surface area (TPSA) is 37.3 Å². The molecule has 0 aromatic heterocycles. The number of hydrogen-bond donors (Lipinski definition) is 1. The molecule has 3 unspecified atom stereocenters. The molecule has 0 radical (unpaired) electrons. The summed E-state index contributed by atoms with van der Waals surface area (Å²) in [6, 6.07) is 0. The molecule has 0 bridgehead atoms. The predicted molar refractivity (Wildman–Crippen MR) is 55.0 cm³/mol. The van der Waals surface area contributed by atoms with Gasteiger partial charge in [0, 0.05) is 0 Å². The monoisotopic (exact) mass is 196 g/mol. The number of hydrogen-bond acceptors (Lipinski definition) is 1. The van der Waals surface area contributed by atoms with E-state index < -0.39 is 5.97 Å². The Balaban J connectivity index is 1.89. The van der Waals surface area contributed by atoms with Gasteiger partial charge in [-0.15, -0.1) is 0 Å². The van der Waals surface area contributed by atoms with Gasteiger partial charge in [0.25, 0.3) is 0 Å². The van der Waals surface area contributed by atoms with E-state index in [9.17, 15) is 4.79 Å². The summed E-state index contributed by atoms with van der Waals surface area (Å²) in [6.45, 7) is 1.88. The highest BCUT2D eigenvalue weighted by atomic mass is 16.4. The van der Waals surface area contributed by atoms with Crippen LogP contribution >= 0.6 is 0 Å². The van der Waals surface area contributed by atoms with Gasteiger partial charge in [-0.1, -0.05) is 19.8 Å². The second kappa shape index (κ2) is 3.92. The lowest BCUT2D eigenvalue weighted by Crippen LogP contribution is -2.27. The summed E-state index contributed by atoms with van der Waals surface area (Å²) in [7, 11) is 0. The third-order valence-electron chi connectivity index (χ3n) is 4.14. The first-order chi connectivity index (χ1) is 6.68. The SMILES string of the molecule is CC(C(=O)O)C1CCCC(C2CC2)C1. The lowest BCUT2D eigenvalue weighted by atomic mass is 9.74. The summed E-state index contributed by atoms with van der Waals surface area (Å²) in [6.07, 6.45) is 7.73. The summed E-state index contributed by atoms with van der Waals surface area (Å²) in [5.74, 6) is 1.53. The van der Waals surface area contributed by atoms with Crippen LogP contribution in [0.15, 0.2) is 0 Å². The Morgan fingerprint density at radius 2 is 1.93 bits per heavy atom. The molecule has 2 heteroatoms. The molecule has 80 valence electrons. The molecule has 0 aliphatic heterocycles. The Labute approximate surface area is 85.7 Å². The van der Waals surface area contributed by atoms with Crippen LogP contribution in [0.1, 0.15) is 45.4 Å². The van der Waals surface area contributed by atoms with Crippen molar-refractivity contribution in [3.05, 3.63) is 0 Å². The van der Waals surface area contributed by atoms with Crippen molar-refractivity contribution in [3.63, 3.8) is 0 Å². The van der Waals surface area contributed by atoms with Crippen LogP contribution in [0.4, 0.5) is 0 Å². The van der Waals surface area contributed by atoms with Gasteiger partial charge in [-0.25, -0.2) is 0 Å². The van der Waals surface area contributed by atoms with Gasteiger partial charge in [0.05, 0.1) is 5.92 Å². The summed E-state index contributed by atoms with van der Waals surface area (Å²) < 4.78 is 0. The number of aliphatic carboxylic acids is 1. The Morgan fingerprint density at radius 1 is 1.21 bits per heavy atom. The van der Waals surface area contributed by atoms with Crippen LogP contribution in [0, 0.1) is 23.7 Å². The summed E-state index contributed by atoms with van der Waals surface area (Å²) in [5, 5.41) is 8.97. The fourth-order valence-corrected chi connectivity index (χ4v) is 2.92. The fraction of sp³-hybridized carbons (Fsp3) is 0.917. The molecule has 0 aromatic carbocycles. The van der Waals surface area contributed by atoms with E-state index in [1.807, 2.05) is 6.92 Å². The smallest absolute Gasteiger partial charge is 0.306 e. The van der Waals surface area contributed by atoms with Crippen LogP contribution in [0.3, 0.4) is 0 Å². The van der Waals surface area contributed by atoms with E-state index in [1.165, 1.54) is 32.1 Å². The largest absolute Gasteiger partial charge is 0.481 e. The molecule has 2 nitrogen and oxygen atoms in total. The van der Waals surface area contributed by atoms with Gasteiger partial charge >= 0.3 is 5.97 Å². The maximum atomic E-state index is 10.9. The molecular weight excluding hydrogens is 176 g/mol. The van der Waals surface area contributed by atoms with Crippen molar-refractivity contribution in [2.45, 2.75) is 45.4 Å². The van der Waals surface area contributed by atoms with Crippen molar-refractivity contribution >= 4 is 5.97 Å². The van der Waals surface area contributed by atoms with Crippen molar-refractivity contribution in [2.24, 2.45) is 23.7 Å². The van der Waals surface area contributed by atoms with E-state index >= 15 is 0 Å². The molecular formula is C12H20O2. The first-order valence-corrected chi connectivity index (χ1v) is 5.91. The van der Waals surface area contributed by atoms with Crippen LogP contribution in [0.25, 0.3) is 0 Å². The third kappa shape index (κ3) is 2.10. The van der Waals surface area contributed by atoms with E-state index in [0.29, 0.717) is 5.92 Å². The second-order valence-electron chi connectivity index (χ2n) is 5.15. The molecule has 2 fully saturated rings. The van der Waals surface area contributed by atoms with Crippen LogP contribution in [0.2, 0.25) is 0 Å². The average Bonchev–Trinajstić information content (AvgIpc) is 3.00. The predicted octanol–water partition coefficient (Wildman–Crippen LogP) is 2.92. The van der Waals surface area contributed by atoms with Crippen LogP contribution in [0.5, 0.6) is 0 Å². The molecule has 0 heterocycles. The lowest BCUT2D eigenvalue weighted by Gasteiger charge is -2.31. The molecule has 0 amide bonds. The molecule has 3 atom stereocenters. The van der Waals surface area contributed by atoms with Crippen molar-refractivity contribution in [3.8, 4) is 0 Å². The van der Waals surface area contributed by atoms with Gasteiger partial charge in [-0.3, -0.25) is 4.79 Å². The zero-order valence-electron chi connectivity index (χ0n) is 8.91. The van der Waals surface area contributed by atoms with Crippen molar-refractivity contribution in [2.75, 3.05) is 0 Å². The molecule has 2 saturated carbocycles. The number of carbonyl (C=O) groups is 1. The highest BCUT2D eigenvalue weighted by molar-refractivity contribution is 5.69. The zero-order valence-corrected chi connectivity index (χ0v) is 8.91. The standard InChI is InChI=1S/C12H20O2/c1-8(12(13)14)10-3-2-4-11(7-10)9-5-6-9/h8-11H,2-7H2,1H3,(H,13,14). The summed E-state index contributed by atoms with van der Waals surface area (Å²) in [4.78, 5) is 10.9. The van der Waals surface area contributed by atoms with E-state index in [1.54, 1.807) is 0 Å². The van der Waals surface area contributed by atoms with E-state index in [0.717, 1.165) is 18.3 Å². The highest BCUT2D eigenvalue weighted by Gasteiger charge is 2.37. The van der Waals surface area contributed by atoms with Crippen LogP contribution in [-0.2, 0) is 4.79 Å². The van der Waals surface area contributed by atoms with Crippen molar-refractivity contribution in [1.82, 2.24) is 0 Å². The number of carboxylic acids is 1. The van der Waals surface area contributed by atoms with Crippen LogP contribution < -0.4 is 0 Å². The number of rotatable bonds is 3. The van der Waals surface area contributed by atoms with Crippen molar-refractivity contribution < 1.29 is 9.90 Å². The maximum absolute atomic E-state index is 10.9. The van der Waals surface area contributed by atoms with E-state index in [-0.39, 0.29) is 5.92 Å². The Hall–Kier alpha value is -0.530. The zero-order chi connectivity index (χ0) is 10.1. The van der Waals surface area contributed by atoms with Gasteiger partial charge in [0.15, 0.2) is 0 Å². The maximum Gasteiger partial charge on any atom is 0.306 e. The molecule has 2 aliphatic carbocycles. The molecule has 1 N–H and O–H groups in total. The second-order valence-corrected chi connectivity index (χ2v) is 5.15. The molecule has 14 heavy (non-hydrogen) atoms. The van der Waals surface area contributed by atoms with Crippen molar-refractivity contribution in [1.29, 1.82) is 0 Å². The minimum absolute atomic E-state index is 0.128. The Morgan fingerprint density at radius 3 is 2.50 bits per heavy atom. The minimum atomic E-state index is -0.605. The number of carboxylic acid groups (broad SMARTS) is 1.